The number of carbonyl (C=O) groups excluding carboxylic acids is 1. The van der Waals surface area contributed by atoms with Gasteiger partial charge in [0.05, 0.1) is 18.3 Å². The highest BCUT2D eigenvalue weighted by Crippen LogP contribution is 2.25. The topological polar surface area (TPSA) is 41.4 Å². The molecule has 22 heavy (non-hydrogen) atoms. The molecule has 0 unspecified atom stereocenters. The molecular weight excluding hydrogens is 276 g/mol. The monoisotopic (exact) mass is 302 g/mol. The van der Waals surface area contributed by atoms with Gasteiger partial charge in [0.2, 0.25) is 5.91 Å². The molecule has 0 radical (unpaired) electrons. The summed E-state index contributed by atoms with van der Waals surface area (Å²) >= 11 is 0. The first-order valence-electron chi connectivity index (χ1n) is 8.26. The molecule has 1 amide bonds. The molecule has 2 aliphatic rings. The van der Waals surface area contributed by atoms with Crippen LogP contribution in [0.3, 0.4) is 0 Å². The number of hydrogen-bond acceptors (Lipinski definition) is 3. The zero-order valence-electron chi connectivity index (χ0n) is 13.7. The van der Waals surface area contributed by atoms with Crippen molar-refractivity contribution in [2.45, 2.75) is 44.7 Å². The van der Waals surface area contributed by atoms with Gasteiger partial charge in [-0.25, -0.2) is 0 Å². The number of amides is 1. The van der Waals surface area contributed by atoms with E-state index in [9.17, 15) is 4.79 Å². The molecule has 1 aliphatic heterocycles. The largest absolute Gasteiger partial charge is 0.334 e. The number of aromatic nitrogens is 2. The summed E-state index contributed by atoms with van der Waals surface area (Å²) in [7, 11) is 4.13. The summed E-state index contributed by atoms with van der Waals surface area (Å²) in [5.74, 6) is 0.268. The molecule has 0 fully saturated rings. The van der Waals surface area contributed by atoms with Gasteiger partial charge < -0.3 is 9.80 Å². The SMILES string of the molecule is CN(C)C[C@@H]1CN(C(=O)CC2=CCCCC2)Cc2ccnn21. The van der Waals surface area contributed by atoms with Crippen molar-refractivity contribution in [3.05, 3.63) is 29.6 Å². The van der Waals surface area contributed by atoms with Gasteiger partial charge in [-0.3, -0.25) is 9.48 Å². The third kappa shape index (κ3) is 3.40. The average molecular weight is 302 g/mol. The van der Waals surface area contributed by atoms with Crippen LogP contribution in [0.5, 0.6) is 0 Å². The van der Waals surface area contributed by atoms with Crippen molar-refractivity contribution in [3.8, 4) is 0 Å². The van der Waals surface area contributed by atoms with Crippen molar-refractivity contribution in [1.82, 2.24) is 19.6 Å². The zero-order chi connectivity index (χ0) is 15.5. The summed E-state index contributed by atoms with van der Waals surface area (Å²) in [6, 6.07) is 2.28. The Balaban J connectivity index is 1.69. The Hall–Kier alpha value is -1.62. The Bertz CT molecular complexity index is 561. The normalized spacial score (nSPS) is 21.7. The van der Waals surface area contributed by atoms with E-state index in [-0.39, 0.29) is 11.9 Å². The van der Waals surface area contributed by atoms with Crippen LogP contribution in [0.25, 0.3) is 0 Å². The summed E-state index contributed by atoms with van der Waals surface area (Å²) in [5.41, 5.74) is 2.48. The molecule has 0 N–H and O–H groups in total. The lowest BCUT2D eigenvalue weighted by molar-refractivity contribution is -0.132. The van der Waals surface area contributed by atoms with Gasteiger partial charge in [0, 0.05) is 25.7 Å². The third-order valence-electron chi connectivity index (χ3n) is 4.57. The van der Waals surface area contributed by atoms with Crippen LogP contribution in [0, 0.1) is 0 Å². The van der Waals surface area contributed by atoms with Gasteiger partial charge in [0.25, 0.3) is 0 Å². The predicted molar refractivity (Wildman–Crippen MR) is 86.4 cm³/mol. The predicted octanol–water partition coefficient (Wildman–Crippen LogP) is 2.22. The second-order valence-electron chi connectivity index (χ2n) is 6.74. The van der Waals surface area contributed by atoms with Gasteiger partial charge in [-0.1, -0.05) is 11.6 Å². The minimum atomic E-state index is 0.248. The molecule has 2 heterocycles. The summed E-state index contributed by atoms with van der Waals surface area (Å²) < 4.78 is 2.09. The van der Waals surface area contributed by atoms with Crippen molar-refractivity contribution < 1.29 is 4.79 Å². The van der Waals surface area contributed by atoms with Crippen molar-refractivity contribution >= 4 is 5.91 Å². The van der Waals surface area contributed by atoms with E-state index >= 15 is 0 Å². The van der Waals surface area contributed by atoms with Crippen molar-refractivity contribution in [3.63, 3.8) is 0 Å². The number of rotatable bonds is 4. The lowest BCUT2D eigenvalue weighted by Crippen LogP contribution is -2.44. The highest BCUT2D eigenvalue weighted by atomic mass is 16.2. The smallest absolute Gasteiger partial charge is 0.227 e. The highest BCUT2D eigenvalue weighted by Gasteiger charge is 2.29. The average Bonchev–Trinajstić information content (AvgIpc) is 2.96. The quantitative estimate of drug-likeness (QED) is 0.801. The van der Waals surface area contributed by atoms with Crippen LogP contribution in [0.4, 0.5) is 0 Å². The van der Waals surface area contributed by atoms with Gasteiger partial charge in [0.1, 0.15) is 0 Å². The van der Waals surface area contributed by atoms with E-state index in [1.54, 1.807) is 0 Å². The molecular formula is C17H26N4O. The van der Waals surface area contributed by atoms with Crippen LogP contribution >= 0.6 is 0 Å². The van der Waals surface area contributed by atoms with Crippen LogP contribution < -0.4 is 0 Å². The molecule has 1 aliphatic carbocycles. The van der Waals surface area contributed by atoms with E-state index in [1.807, 2.05) is 17.2 Å². The number of hydrogen-bond donors (Lipinski definition) is 0. The van der Waals surface area contributed by atoms with Gasteiger partial charge in [-0.05, 0) is 45.8 Å². The fourth-order valence-corrected chi connectivity index (χ4v) is 3.51. The lowest BCUT2D eigenvalue weighted by atomic mass is 9.96. The van der Waals surface area contributed by atoms with Gasteiger partial charge in [0.15, 0.2) is 0 Å². The fraction of sp³-hybridized carbons (Fsp3) is 0.647. The molecule has 0 spiro atoms. The molecule has 120 valence electrons. The number of nitrogens with zero attached hydrogens (tertiary/aromatic N) is 4. The van der Waals surface area contributed by atoms with Crippen LogP contribution in [0.15, 0.2) is 23.9 Å². The van der Waals surface area contributed by atoms with Crippen LogP contribution in [0.2, 0.25) is 0 Å². The zero-order valence-corrected chi connectivity index (χ0v) is 13.7. The second kappa shape index (κ2) is 6.65. The molecule has 1 atom stereocenters. The maximum Gasteiger partial charge on any atom is 0.227 e. The number of fused-ring (bicyclic) bond motifs is 1. The van der Waals surface area contributed by atoms with Crippen molar-refractivity contribution in [2.75, 3.05) is 27.2 Å². The van der Waals surface area contributed by atoms with Crippen molar-refractivity contribution in [2.24, 2.45) is 0 Å². The van der Waals surface area contributed by atoms with E-state index in [4.69, 9.17) is 0 Å². The molecule has 5 nitrogen and oxygen atoms in total. The summed E-state index contributed by atoms with van der Waals surface area (Å²) in [4.78, 5) is 16.8. The first kappa shape index (κ1) is 15.3. The molecule has 0 bridgehead atoms. The Kier molecular flexibility index (Phi) is 4.62. The molecule has 5 heteroatoms. The van der Waals surface area contributed by atoms with E-state index in [1.165, 1.54) is 18.4 Å². The Labute approximate surface area is 132 Å². The molecule has 1 aromatic heterocycles. The minimum absolute atomic E-state index is 0.248. The molecule has 0 saturated carbocycles. The lowest BCUT2D eigenvalue weighted by Gasteiger charge is -2.35. The first-order valence-corrected chi connectivity index (χ1v) is 8.26. The summed E-state index contributed by atoms with van der Waals surface area (Å²) in [6.45, 7) is 2.36. The highest BCUT2D eigenvalue weighted by molar-refractivity contribution is 5.78. The standard InChI is InChI=1S/C17H26N4O/c1-19(2)11-16-13-20(12-15-8-9-18-21(15)16)17(22)10-14-6-4-3-5-7-14/h6,8-9,16H,3-5,7,10-13H2,1-2H3/t16-/m1/s1. The fourth-order valence-electron chi connectivity index (χ4n) is 3.51. The van der Waals surface area contributed by atoms with E-state index in [0.29, 0.717) is 13.0 Å². The molecule has 1 aromatic rings. The maximum absolute atomic E-state index is 12.7. The third-order valence-corrected chi connectivity index (χ3v) is 4.57. The second-order valence-corrected chi connectivity index (χ2v) is 6.74. The Morgan fingerprint density at radius 3 is 3.00 bits per heavy atom. The van der Waals surface area contributed by atoms with E-state index in [0.717, 1.165) is 31.6 Å². The summed E-state index contributed by atoms with van der Waals surface area (Å²) in [5, 5.41) is 4.44. The van der Waals surface area contributed by atoms with Crippen LogP contribution in [-0.4, -0.2) is 52.7 Å². The van der Waals surface area contributed by atoms with E-state index in [2.05, 4.69) is 34.9 Å². The van der Waals surface area contributed by atoms with Gasteiger partial charge in [-0.15, -0.1) is 0 Å². The number of likely N-dealkylation sites (N-methyl/N-ethyl adjacent to an activating group) is 1. The summed E-state index contributed by atoms with van der Waals surface area (Å²) in [6.07, 6.45) is 9.45. The van der Waals surface area contributed by atoms with Crippen molar-refractivity contribution in [1.29, 1.82) is 0 Å². The van der Waals surface area contributed by atoms with Crippen LogP contribution in [-0.2, 0) is 11.3 Å². The minimum Gasteiger partial charge on any atom is -0.334 e. The number of allylic oxidation sites excluding steroid dienone is 1. The molecule has 0 saturated heterocycles. The van der Waals surface area contributed by atoms with Gasteiger partial charge in [-0.2, -0.15) is 5.10 Å². The maximum atomic E-state index is 12.7. The molecule has 0 aromatic carbocycles. The Morgan fingerprint density at radius 1 is 1.41 bits per heavy atom. The molecule has 3 rings (SSSR count). The van der Waals surface area contributed by atoms with Crippen LogP contribution in [0.1, 0.15) is 43.8 Å². The van der Waals surface area contributed by atoms with E-state index < -0.39 is 0 Å². The number of carbonyl (C=O) groups is 1. The first-order chi connectivity index (χ1) is 10.6. The van der Waals surface area contributed by atoms with Gasteiger partial charge >= 0.3 is 0 Å². The Morgan fingerprint density at radius 2 is 2.27 bits per heavy atom.